The second-order valence-corrected chi connectivity index (χ2v) is 8.42. The molecule has 0 radical (unpaired) electrons. The van der Waals surface area contributed by atoms with E-state index < -0.39 is 37.3 Å². The van der Waals surface area contributed by atoms with Crippen molar-refractivity contribution in [3.63, 3.8) is 0 Å². The number of nitrogens with one attached hydrogen (secondary N) is 1. The van der Waals surface area contributed by atoms with Crippen LogP contribution in [-0.4, -0.2) is 72.2 Å². The smallest absolute Gasteiger partial charge is 0.187 e. The van der Waals surface area contributed by atoms with Gasteiger partial charge in [0.05, 0.1) is 19.3 Å². The van der Waals surface area contributed by atoms with Crippen LogP contribution in [0.3, 0.4) is 0 Å². The third kappa shape index (κ3) is 5.64. The van der Waals surface area contributed by atoms with E-state index in [2.05, 4.69) is 15.6 Å². The summed E-state index contributed by atoms with van der Waals surface area (Å²) in [6.45, 7) is 1.65. The van der Waals surface area contributed by atoms with E-state index in [1.54, 1.807) is 24.3 Å². The first kappa shape index (κ1) is 24.7. The zero-order valence-corrected chi connectivity index (χ0v) is 19.1. The van der Waals surface area contributed by atoms with Crippen molar-refractivity contribution in [2.75, 3.05) is 6.61 Å². The Morgan fingerprint density at radius 2 is 1.74 bits per heavy atom. The fraction of sp³-hybridized carbons (Fsp3) is 0.320. The van der Waals surface area contributed by atoms with Gasteiger partial charge >= 0.3 is 0 Å². The van der Waals surface area contributed by atoms with Crippen LogP contribution in [0.15, 0.2) is 66.9 Å². The lowest BCUT2D eigenvalue weighted by atomic mass is 9.98. The zero-order chi connectivity index (χ0) is 24.9. The number of carbonyl (C=O) groups excluding carboxylic acids is 1. The first-order valence-corrected chi connectivity index (χ1v) is 11.2. The molecule has 2 aromatic carbocycles. The first-order valence-electron chi connectivity index (χ1n) is 11.2. The van der Waals surface area contributed by atoms with Crippen LogP contribution in [-0.2, 0) is 11.3 Å². The number of aliphatic hydroxyl groups excluding tert-OH is 4. The molecule has 0 bridgehead atoms. The summed E-state index contributed by atoms with van der Waals surface area (Å²) in [5.41, 5.74) is 3.55. The molecule has 0 unspecified atom stereocenters. The SMILES string of the molecule is Cc1ccc(C(=CC(=O)c2ccccc2)NCc2cn([C@@H]3O[C@H](CO)[C@@H](O)[C@H](O)[C@H]3O)nn2)cc1. The monoisotopic (exact) mass is 480 g/mol. The summed E-state index contributed by atoms with van der Waals surface area (Å²) in [6, 6.07) is 16.7. The molecule has 0 aliphatic carbocycles. The number of ketones is 1. The number of allylic oxidation sites excluding steroid dienone is 1. The summed E-state index contributed by atoms with van der Waals surface area (Å²) in [5, 5.41) is 51.0. The second-order valence-electron chi connectivity index (χ2n) is 8.42. The molecule has 5 N–H and O–H groups in total. The summed E-state index contributed by atoms with van der Waals surface area (Å²) in [6.07, 6.45) is -3.59. The van der Waals surface area contributed by atoms with Gasteiger partial charge in [0.2, 0.25) is 0 Å². The number of hydrogen-bond donors (Lipinski definition) is 5. The lowest BCUT2D eigenvalue weighted by molar-refractivity contribution is -0.254. The van der Waals surface area contributed by atoms with E-state index in [9.17, 15) is 25.2 Å². The van der Waals surface area contributed by atoms with Crippen molar-refractivity contribution < 1.29 is 30.0 Å². The molecule has 0 saturated carbocycles. The van der Waals surface area contributed by atoms with Crippen LogP contribution in [0.1, 0.15) is 33.4 Å². The van der Waals surface area contributed by atoms with Crippen LogP contribution in [0.5, 0.6) is 0 Å². The molecule has 1 fully saturated rings. The van der Waals surface area contributed by atoms with Gasteiger partial charge in [-0.25, -0.2) is 4.68 Å². The normalized spacial score (nSPS) is 24.8. The second kappa shape index (κ2) is 10.9. The van der Waals surface area contributed by atoms with E-state index in [4.69, 9.17) is 4.74 Å². The Bertz CT molecular complexity index is 1160. The van der Waals surface area contributed by atoms with E-state index in [1.165, 1.54) is 17.0 Å². The van der Waals surface area contributed by atoms with Crippen LogP contribution >= 0.6 is 0 Å². The predicted molar refractivity (Wildman–Crippen MR) is 126 cm³/mol. The average Bonchev–Trinajstić information content (AvgIpc) is 3.35. The van der Waals surface area contributed by atoms with Gasteiger partial charge in [0.15, 0.2) is 12.0 Å². The highest BCUT2D eigenvalue weighted by atomic mass is 16.6. The Balaban J connectivity index is 1.52. The number of ether oxygens (including phenoxy) is 1. The van der Waals surface area contributed by atoms with Gasteiger partial charge in [0, 0.05) is 17.3 Å². The summed E-state index contributed by atoms with van der Waals surface area (Å²) in [7, 11) is 0. The highest BCUT2D eigenvalue weighted by Crippen LogP contribution is 2.27. The molecule has 4 rings (SSSR count). The molecule has 0 spiro atoms. The molecule has 1 aromatic heterocycles. The van der Waals surface area contributed by atoms with Crippen molar-refractivity contribution in [1.29, 1.82) is 0 Å². The van der Waals surface area contributed by atoms with E-state index in [1.807, 2.05) is 37.3 Å². The van der Waals surface area contributed by atoms with Crippen LogP contribution in [0.25, 0.3) is 5.70 Å². The summed E-state index contributed by atoms with van der Waals surface area (Å²) in [4.78, 5) is 12.8. The van der Waals surface area contributed by atoms with E-state index in [0.717, 1.165) is 11.1 Å². The topological polar surface area (TPSA) is 150 Å². The molecule has 0 amide bonds. The van der Waals surface area contributed by atoms with Crippen molar-refractivity contribution in [2.24, 2.45) is 0 Å². The molecule has 184 valence electrons. The third-order valence-corrected chi connectivity index (χ3v) is 5.84. The van der Waals surface area contributed by atoms with Crippen LogP contribution in [0.4, 0.5) is 0 Å². The fourth-order valence-electron chi connectivity index (χ4n) is 3.79. The van der Waals surface area contributed by atoms with Crippen LogP contribution < -0.4 is 5.32 Å². The van der Waals surface area contributed by atoms with Gasteiger partial charge in [-0.1, -0.05) is 65.4 Å². The number of nitrogens with zero attached hydrogens (tertiary/aromatic N) is 3. The molecule has 1 aliphatic rings. The highest BCUT2D eigenvalue weighted by Gasteiger charge is 2.44. The number of aryl methyl sites for hydroxylation is 1. The van der Waals surface area contributed by atoms with Crippen molar-refractivity contribution in [1.82, 2.24) is 20.3 Å². The largest absolute Gasteiger partial charge is 0.394 e. The summed E-state index contributed by atoms with van der Waals surface area (Å²) < 4.78 is 6.74. The van der Waals surface area contributed by atoms with Gasteiger partial charge in [0.1, 0.15) is 30.1 Å². The molecule has 1 saturated heterocycles. The fourth-order valence-corrected chi connectivity index (χ4v) is 3.79. The lowest BCUT2D eigenvalue weighted by Gasteiger charge is -2.39. The Kier molecular flexibility index (Phi) is 7.69. The number of aliphatic hydroxyl groups is 4. The van der Waals surface area contributed by atoms with Gasteiger partial charge in [-0.3, -0.25) is 4.79 Å². The molecule has 1 aliphatic heterocycles. The maximum absolute atomic E-state index is 12.8. The third-order valence-electron chi connectivity index (χ3n) is 5.84. The average molecular weight is 481 g/mol. The van der Waals surface area contributed by atoms with Crippen LogP contribution in [0, 0.1) is 6.92 Å². The maximum atomic E-state index is 12.8. The van der Waals surface area contributed by atoms with E-state index >= 15 is 0 Å². The van der Waals surface area contributed by atoms with Crippen LogP contribution in [0.2, 0.25) is 0 Å². The van der Waals surface area contributed by atoms with Gasteiger partial charge in [-0.05, 0) is 12.5 Å². The Morgan fingerprint density at radius 3 is 2.43 bits per heavy atom. The van der Waals surface area contributed by atoms with Gasteiger partial charge in [-0.2, -0.15) is 0 Å². The molecular formula is C25H28N4O6. The summed E-state index contributed by atoms with van der Waals surface area (Å²) >= 11 is 0. The van der Waals surface area contributed by atoms with Crippen molar-refractivity contribution in [3.8, 4) is 0 Å². The minimum absolute atomic E-state index is 0.154. The quantitative estimate of drug-likeness (QED) is 0.230. The number of hydrogen-bond acceptors (Lipinski definition) is 9. The number of carbonyl (C=O) groups is 1. The van der Waals surface area contributed by atoms with E-state index in [0.29, 0.717) is 17.0 Å². The molecule has 35 heavy (non-hydrogen) atoms. The minimum atomic E-state index is -1.52. The van der Waals surface area contributed by atoms with Gasteiger partial charge in [-0.15, -0.1) is 5.10 Å². The maximum Gasteiger partial charge on any atom is 0.187 e. The van der Waals surface area contributed by atoms with Gasteiger partial charge in [0.25, 0.3) is 0 Å². The van der Waals surface area contributed by atoms with Crippen molar-refractivity contribution >= 4 is 11.5 Å². The number of benzene rings is 2. The predicted octanol–water partition coefficient (Wildman–Crippen LogP) is 0.573. The molecule has 3 aromatic rings. The van der Waals surface area contributed by atoms with Crippen molar-refractivity contribution in [3.05, 3.63) is 89.3 Å². The number of rotatable bonds is 8. The van der Waals surface area contributed by atoms with E-state index in [-0.39, 0.29) is 12.3 Å². The first-order chi connectivity index (χ1) is 16.9. The van der Waals surface area contributed by atoms with Crippen molar-refractivity contribution in [2.45, 2.75) is 44.1 Å². The van der Waals surface area contributed by atoms with Gasteiger partial charge < -0.3 is 30.5 Å². The molecule has 10 heteroatoms. The number of aromatic nitrogens is 3. The summed E-state index contributed by atoms with van der Waals surface area (Å²) in [5.74, 6) is -0.154. The standard InChI is InChI=1S/C25H28N4O6/c1-15-7-9-16(10-8-15)19(11-20(31)17-5-3-2-4-6-17)26-12-18-13-29(28-27-18)25-24(34)23(33)22(32)21(14-30)35-25/h2-11,13,21-26,30,32-34H,12,14H2,1H3/t21-,22-,23+,24-,25-/m1/s1. The molecule has 5 atom stereocenters. The molecule has 10 nitrogen and oxygen atoms in total. The Labute approximate surface area is 202 Å². The highest BCUT2D eigenvalue weighted by molar-refractivity contribution is 6.08. The zero-order valence-electron chi connectivity index (χ0n) is 19.1. The molecular weight excluding hydrogens is 452 g/mol. The Morgan fingerprint density at radius 1 is 1.03 bits per heavy atom. The Hall–Kier alpha value is -3.41. The minimum Gasteiger partial charge on any atom is -0.394 e. The lowest BCUT2D eigenvalue weighted by Crippen LogP contribution is -2.56. The molecule has 2 heterocycles.